The number of hydrogen-bond acceptors (Lipinski definition) is 2. The molecule has 0 aromatic heterocycles. The predicted octanol–water partition coefficient (Wildman–Crippen LogP) is 2.79. The number of unbranched alkanes of at least 4 members (excludes halogenated alkanes) is 1. The Morgan fingerprint density at radius 1 is 1.24 bits per heavy atom. The molecule has 0 radical (unpaired) electrons. The van der Waals surface area contributed by atoms with Gasteiger partial charge in [-0.2, -0.15) is 0 Å². The van der Waals surface area contributed by atoms with E-state index in [-0.39, 0.29) is 5.82 Å². The molecule has 0 amide bonds. The summed E-state index contributed by atoms with van der Waals surface area (Å²) in [4.78, 5) is 2.18. The topological polar surface area (TPSA) is 15.3 Å². The lowest BCUT2D eigenvalue weighted by Gasteiger charge is -2.19. The lowest BCUT2D eigenvalue weighted by molar-refractivity contribution is 0.616. The molecule has 1 aromatic rings. The van der Waals surface area contributed by atoms with Crippen molar-refractivity contribution in [2.45, 2.75) is 31.7 Å². The third kappa shape index (κ3) is 4.35. The average molecular weight is 236 g/mol. The summed E-state index contributed by atoms with van der Waals surface area (Å²) >= 11 is 0. The van der Waals surface area contributed by atoms with Crippen molar-refractivity contribution in [2.24, 2.45) is 0 Å². The Balaban J connectivity index is 1.62. The summed E-state index contributed by atoms with van der Waals surface area (Å²) in [5.74, 6) is -0.171. The summed E-state index contributed by atoms with van der Waals surface area (Å²) in [6, 6.07) is 7.50. The number of benzene rings is 1. The first-order chi connectivity index (χ1) is 8.25. The number of rotatable bonds is 7. The van der Waals surface area contributed by atoms with E-state index in [1.54, 1.807) is 0 Å². The van der Waals surface area contributed by atoms with E-state index in [4.69, 9.17) is 0 Å². The maximum absolute atomic E-state index is 12.8. The highest BCUT2D eigenvalue weighted by atomic mass is 19.1. The number of halogens is 1. The Bertz CT molecular complexity index is 333. The monoisotopic (exact) mass is 236 g/mol. The number of anilines is 1. The fourth-order valence-corrected chi connectivity index (χ4v) is 1.89. The van der Waals surface area contributed by atoms with Crippen molar-refractivity contribution in [1.82, 2.24) is 5.32 Å². The molecule has 0 aliphatic heterocycles. The van der Waals surface area contributed by atoms with Gasteiger partial charge >= 0.3 is 0 Å². The van der Waals surface area contributed by atoms with Gasteiger partial charge in [-0.15, -0.1) is 0 Å². The molecule has 0 spiro atoms. The molecule has 2 nitrogen and oxygen atoms in total. The Kier molecular flexibility index (Phi) is 4.37. The lowest BCUT2D eigenvalue weighted by atomic mass is 10.2. The second-order valence-electron chi connectivity index (χ2n) is 4.83. The highest BCUT2D eigenvalue weighted by Crippen LogP contribution is 2.18. The fourth-order valence-electron chi connectivity index (χ4n) is 1.89. The lowest BCUT2D eigenvalue weighted by Crippen LogP contribution is -2.21. The Hall–Kier alpha value is -1.09. The number of nitrogens with zero attached hydrogens (tertiary/aromatic N) is 1. The SMILES string of the molecule is CN(CCCCNC1CC1)c1ccc(F)cc1. The van der Waals surface area contributed by atoms with Crippen molar-refractivity contribution in [1.29, 1.82) is 0 Å². The van der Waals surface area contributed by atoms with Crippen molar-refractivity contribution in [2.75, 3.05) is 25.0 Å². The van der Waals surface area contributed by atoms with Gasteiger partial charge in [-0.1, -0.05) is 0 Å². The molecule has 0 saturated heterocycles. The highest BCUT2D eigenvalue weighted by molar-refractivity contribution is 5.45. The first kappa shape index (κ1) is 12.4. The zero-order valence-electron chi connectivity index (χ0n) is 10.5. The molecule has 3 heteroatoms. The molecule has 1 aliphatic carbocycles. The molecule has 1 aromatic carbocycles. The van der Waals surface area contributed by atoms with Gasteiger partial charge in [0, 0.05) is 25.3 Å². The van der Waals surface area contributed by atoms with Crippen LogP contribution in [0, 0.1) is 5.82 Å². The molecule has 17 heavy (non-hydrogen) atoms. The van der Waals surface area contributed by atoms with Crippen LogP contribution in [0.25, 0.3) is 0 Å². The standard InChI is InChI=1S/C14H21FN2/c1-17(14-8-4-12(15)5-9-14)11-3-2-10-16-13-6-7-13/h4-5,8-9,13,16H,2-3,6-7,10-11H2,1H3. The molecule has 0 heterocycles. The minimum Gasteiger partial charge on any atom is -0.375 e. The van der Waals surface area contributed by atoms with Gasteiger partial charge in [-0.05, 0) is 56.5 Å². The summed E-state index contributed by atoms with van der Waals surface area (Å²) in [5, 5.41) is 3.51. The smallest absolute Gasteiger partial charge is 0.123 e. The van der Waals surface area contributed by atoms with E-state index < -0.39 is 0 Å². The van der Waals surface area contributed by atoms with E-state index in [9.17, 15) is 4.39 Å². The van der Waals surface area contributed by atoms with E-state index in [1.165, 1.54) is 37.8 Å². The van der Waals surface area contributed by atoms with Gasteiger partial charge in [0.1, 0.15) is 5.82 Å². The van der Waals surface area contributed by atoms with Crippen molar-refractivity contribution >= 4 is 5.69 Å². The minimum atomic E-state index is -0.171. The van der Waals surface area contributed by atoms with Gasteiger partial charge in [0.2, 0.25) is 0 Å². The maximum Gasteiger partial charge on any atom is 0.123 e. The summed E-state index contributed by atoms with van der Waals surface area (Å²) in [7, 11) is 2.06. The first-order valence-corrected chi connectivity index (χ1v) is 6.46. The third-order valence-electron chi connectivity index (χ3n) is 3.20. The molecular formula is C14H21FN2. The van der Waals surface area contributed by atoms with Gasteiger partial charge in [0.15, 0.2) is 0 Å². The maximum atomic E-state index is 12.8. The zero-order valence-corrected chi connectivity index (χ0v) is 10.5. The largest absolute Gasteiger partial charge is 0.375 e. The third-order valence-corrected chi connectivity index (χ3v) is 3.20. The molecule has 1 fully saturated rings. The second kappa shape index (κ2) is 6.01. The summed E-state index contributed by atoms with van der Waals surface area (Å²) in [6.07, 6.45) is 5.10. The minimum absolute atomic E-state index is 0.171. The Morgan fingerprint density at radius 2 is 1.94 bits per heavy atom. The van der Waals surface area contributed by atoms with Gasteiger partial charge in [0.25, 0.3) is 0 Å². The van der Waals surface area contributed by atoms with Crippen molar-refractivity contribution < 1.29 is 4.39 Å². The van der Waals surface area contributed by atoms with Gasteiger partial charge in [0.05, 0.1) is 0 Å². The van der Waals surface area contributed by atoms with Crippen LogP contribution >= 0.6 is 0 Å². The first-order valence-electron chi connectivity index (χ1n) is 6.46. The molecule has 2 rings (SSSR count). The Morgan fingerprint density at radius 3 is 2.59 bits per heavy atom. The summed E-state index contributed by atoms with van der Waals surface area (Å²) in [6.45, 7) is 2.15. The average Bonchev–Trinajstić information content (AvgIpc) is 3.13. The van der Waals surface area contributed by atoms with Gasteiger partial charge in [-0.3, -0.25) is 0 Å². The molecule has 1 aliphatic rings. The van der Waals surface area contributed by atoms with Crippen LogP contribution in [0.2, 0.25) is 0 Å². The number of nitrogens with one attached hydrogen (secondary N) is 1. The van der Waals surface area contributed by atoms with Crippen LogP contribution in [0.3, 0.4) is 0 Å². The van der Waals surface area contributed by atoms with Crippen LogP contribution in [-0.4, -0.2) is 26.2 Å². The quantitative estimate of drug-likeness (QED) is 0.732. The second-order valence-corrected chi connectivity index (χ2v) is 4.83. The van der Waals surface area contributed by atoms with Crippen molar-refractivity contribution in [3.8, 4) is 0 Å². The molecule has 0 bridgehead atoms. The van der Waals surface area contributed by atoms with E-state index in [0.717, 1.165) is 24.8 Å². The molecule has 1 N–H and O–H groups in total. The van der Waals surface area contributed by atoms with Crippen LogP contribution in [0.15, 0.2) is 24.3 Å². The number of hydrogen-bond donors (Lipinski definition) is 1. The summed E-state index contributed by atoms with van der Waals surface area (Å²) in [5.41, 5.74) is 1.08. The molecular weight excluding hydrogens is 215 g/mol. The zero-order chi connectivity index (χ0) is 12.1. The molecule has 0 unspecified atom stereocenters. The predicted molar refractivity (Wildman–Crippen MR) is 69.9 cm³/mol. The van der Waals surface area contributed by atoms with Crippen molar-refractivity contribution in [3.63, 3.8) is 0 Å². The van der Waals surface area contributed by atoms with Crippen LogP contribution in [0.1, 0.15) is 25.7 Å². The van der Waals surface area contributed by atoms with Crippen LogP contribution in [0.5, 0.6) is 0 Å². The molecule has 1 saturated carbocycles. The summed E-state index contributed by atoms with van der Waals surface area (Å²) < 4.78 is 12.8. The molecule has 0 atom stereocenters. The highest BCUT2D eigenvalue weighted by Gasteiger charge is 2.19. The van der Waals surface area contributed by atoms with E-state index in [2.05, 4.69) is 17.3 Å². The van der Waals surface area contributed by atoms with Gasteiger partial charge < -0.3 is 10.2 Å². The van der Waals surface area contributed by atoms with E-state index >= 15 is 0 Å². The molecule has 94 valence electrons. The van der Waals surface area contributed by atoms with Crippen LogP contribution < -0.4 is 10.2 Å². The van der Waals surface area contributed by atoms with E-state index in [1.807, 2.05) is 12.1 Å². The fraction of sp³-hybridized carbons (Fsp3) is 0.571. The van der Waals surface area contributed by atoms with Crippen LogP contribution in [-0.2, 0) is 0 Å². The van der Waals surface area contributed by atoms with Gasteiger partial charge in [-0.25, -0.2) is 4.39 Å². The Labute approximate surface area is 103 Å². The van der Waals surface area contributed by atoms with Crippen LogP contribution in [0.4, 0.5) is 10.1 Å². The van der Waals surface area contributed by atoms with Crippen molar-refractivity contribution in [3.05, 3.63) is 30.1 Å². The van der Waals surface area contributed by atoms with E-state index in [0.29, 0.717) is 0 Å². The normalized spacial score (nSPS) is 14.9.